The standard InChI is InChI=1S/C14H19F3N4O/c15-14(16,17)11-9-21(6-7-22-11)13-8-12(18-10-19-13)20-4-2-1-3-5-20/h8,10-11H,1-7,9H2/t11-/m1/s1. The van der Waals surface area contributed by atoms with Crippen LogP contribution in [0.15, 0.2) is 12.4 Å². The molecule has 0 bridgehead atoms. The Morgan fingerprint density at radius 1 is 1.00 bits per heavy atom. The number of anilines is 2. The van der Waals surface area contributed by atoms with Crippen LogP contribution in [0.1, 0.15) is 19.3 Å². The molecule has 0 aromatic carbocycles. The monoisotopic (exact) mass is 316 g/mol. The summed E-state index contributed by atoms with van der Waals surface area (Å²) in [6.07, 6.45) is -1.22. The van der Waals surface area contributed by atoms with Crippen LogP contribution < -0.4 is 9.80 Å². The number of ether oxygens (including phenoxy) is 1. The van der Waals surface area contributed by atoms with Crippen LogP contribution in [-0.4, -0.2) is 55.0 Å². The Morgan fingerprint density at radius 3 is 2.36 bits per heavy atom. The summed E-state index contributed by atoms with van der Waals surface area (Å²) in [5.74, 6) is 1.33. The summed E-state index contributed by atoms with van der Waals surface area (Å²) in [4.78, 5) is 12.2. The Bertz CT molecular complexity index is 505. The van der Waals surface area contributed by atoms with Crippen molar-refractivity contribution in [3.8, 4) is 0 Å². The van der Waals surface area contributed by atoms with Gasteiger partial charge in [0.15, 0.2) is 6.10 Å². The van der Waals surface area contributed by atoms with E-state index in [1.807, 2.05) is 0 Å². The molecule has 0 amide bonds. The lowest BCUT2D eigenvalue weighted by atomic mass is 10.1. The molecule has 8 heteroatoms. The van der Waals surface area contributed by atoms with E-state index in [0.717, 1.165) is 31.7 Å². The number of alkyl halides is 3. The predicted molar refractivity (Wildman–Crippen MR) is 76.1 cm³/mol. The van der Waals surface area contributed by atoms with Crippen LogP contribution in [0.4, 0.5) is 24.8 Å². The van der Waals surface area contributed by atoms with Gasteiger partial charge in [-0.3, -0.25) is 0 Å². The van der Waals surface area contributed by atoms with Crippen molar-refractivity contribution in [3.05, 3.63) is 12.4 Å². The third-order valence-electron chi connectivity index (χ3n) is 4.07. The first kappa shape index (κ1) is 15.3. The zero-order valence-corrected chi connectivity index (χ0v) is 12.2. The van der Waals surface area contributed by atoms with Gasteiger partial charge >= 0.3 is 6.18 Å². The lowest BCUT2D eigenvalue weighted by Gasteiger charge is -2.35. The minimum absolute atomic E-state index is 0.0488. The summed E-state index contributed by atoms with van der Waals surface area (Å²) in [6, 6.07) is 1.78. The van der Waals surface area contributed by atoms with Crippen LogP contribution in [0.3, 0.4) is 0 Å². The molecule has 22 heavy (non-hydrogen) atoms. The van der Waals surface area contributed by atoms with Gasteiger partial charge < -0.3 is 14.5 Å². The van der Waals surface area contributed by atoms with Crippen molar-refractivity contribution in [1.82, 2.24) is 9.97 Å². The van der Waals surface area contributed by atoms with E-state index < -0.39 is 12.3 Å². The van der Waals surface area contributed by atoms with E-state index in [1.54, 1.807) is 11.0 Å². The Morgan fingerprint density at radius 2 is 1.68 bits per heavy atom. The second-order valence-electron chi connectivity index (χ2n) is 5.63. The first-order chi connectivity index (χ1) is 10.5. The molecule has 2 saturated heterocycles. The molecule has 3 rings (SSSR count). The number of morpholine rings is 1. The molecule has 2 aliphatic heterocycles. The molecule has 0 aliphatic carbocycles. The van der Waals surface area contributed by atoms with Crippen molar-refractivity contribution < 1.29 is 17.9 Å². The van der Waals surface area contributed by atoms with Crippen LogP contribution >= 0.6 is 0 Å². The summed E-state index contributed by atoms with van der Waals surface area (Å²) in [6.45, 7) is 2.10. The first-order valence-corrected chi connectivity index (χ1v) is 7.54. The maximum Gasteiger partial charge on any atom is 0.416 e. The van der Waals surface area contributed by atoms with Gasteiger partial charge in [-0.25, -0.2) is 9.97 Å². The molecule has 1 aromatic heterocycles. The Kier molecular flexibility index (Phi) is 4.37. The molecule has 2 aliphatic rings. The smallest absolute Gasteiger partial charge is 0.365 e. The Hall–Kier alpha value is -1.57. The van der Waals surface area contributed by atoms with Crippen molar-refractivity contribution in [1.29, 1.82) is 0 Å². The molecule has 0 unspecified atom stereocenters. The molecule has 2 fully saturated rings. The van der Waals surface area contributed by atoms with Crippen LogP contribution in [0, 0.1) is 0 Å². The van der Waals surface area contributed by atoms with Gasteiger partial charge in [-0.2, -0.15) is 13.2 Å². The lowest BCUT2D eigenvalue weighted by molar-refractivity contribution is -0.221. The van der Waals surface area contributed by atoms with Crippen LogP contribution in [0.2, 0.25) is 0 Å². The van der Waals surface area contributed by atoms with E-state index >= 15 is 0 Å². The highest BCUT2D eigenvalue weighted by Gasteiger charge is 2.43. The molecule has 5 nitrogen and oxygen atoms in total. The molecule has 1 aromatic rings. The molecule has 1 atom stereocenters. The summed E-state index contributed by atoms with van der Waals surface area (Å²) >= 11 is 0. The highest BCUT2D eigenvalue weighted by atomic mass is 19.4. The number of hydrogen-bond acceptors (Lipinski definition) is 5. The fourth-order valence-corrected chi connectivity index (χ4v) is 2.86. The Balaban J connectivity index is 1.74. The molecule has 3 heterocycles. The number of piperidine rings is 1. The van der Waals surface area contributed by atoms with Gasteiger partial charge in [-0.1, -0.05) is 0 Å². The van der Waals surface area contributed by atoms with Gasteiger partial charge in [-0.15, -0.1) is 0 Å². The van der Waals surface area contributed by atoms with Gasteiger partial charge in [0.05, 0.1) is 13.2 Å². The van der Waals surface area contributed by atoms with E-state index in [0.29, 0.717) is 12.4 Å². The minimum Gasteiger partial charge on any atom is -0.365 e. The summed E-state index contributed by atoms with van der Waals surface area (Å²) in [5, 5.41) is 0. The second kappa shape index (κ2) is 6.28. The minimum atomic E-state index is -4.35. The SMILES string of the molecule is FC(F)(F)[C@H]1CN(c2cc(N3CCCCC3)ncn2)CCO1. The van der Waals surface area contributed by atoms with Gasteiger partial charge in [0.25, 0.3) is 0 Å². The zero-order valence-electron chi connectivity index (χ0n) is 12.2. The average Bonchev–Trinajstić information content (AvgIpc) is 2.55. The molecule has 0 spiro atoms. The molecular formula is C14H19F3N4O. The number of halogens is 3. The van der Waals surface area contributed by atoms with Gasteiger partial charge in [0.2, 0.25) is 0 Å². The predicted octanol–water partition coefficient (Wildman–Crippen LogP) is 2.23. The molecule has 0 N–H and O–H groups in total. The van der Waals surface area contributed by atoms with Gasteiger partial charge in [0, 0.05) is 25.7 Å². The van der Waals surface area contributed by atoms with Crippen molar-refractivity contribution in [2.24, 2.45) is 0 Å². The average molecular weight is 316 g/mol. The van der Waals surface area contributed by atoms with E-state index in [9.17, 15) is 13.2 Å². The van der Waals surface area contributed by atoms with Crippen LogP contribution in [0.25, 0.3) is 0 Å². The molecule has 0 saturated carbocycles. The number of aromatic nitrogens is 2. The van der Waals surface area contributed by atoms with Crippen molar-refractivity contribution >= 4 is 11.6 Å². The van der Waals surface area contributed by atoms with Crippen molar-refractivity contribution in [2.75, 3.05) is 42.6 Å². The van der Waals surface area contributed by atoms with Crippen molar-refractivity contribution in [2.45, 2.75) is 31.5 Å². The Labute approximate surface area is 127 Å². The number of hydrogen-bond donors (Lipinski definition) is 0. The topological polar surface area (TPSA) is 41.5 Å². The highest BCUT2D eigenvalue weighted by Crippen LogP contribution is 2.28. The van der Waals surface area contributed by atoms with E-state index in [1.165, 1.54) is 12.7 Å². The fraction of sp³-hybridized carbons (Fsp3) is 0.714. The molecule has 122 valence electrons. The maximum absolute atomic E-state index is 12.8. The van der Waals surface area contributed by atoms with Gasteiger partial charge in [0.1, 0.15) is 18.0 Å². The highest BCUT2D eigenvalue weighted by molar-refractivity contribution is 5.50. The zero-order chi connectivity index (χ0) is 15.6. The second-order valence-corrected chi connectivity index (χ2v) is 5.63. The summed E-state index contributed by atoms with van der Waals surface area (Å²) < 4.78 is 43.2. The number of rotatable bonds is 2. The van der Waals surface area contributed by atoms with Gasteiger partial charge in [-0.05, 0) is 19.3 Å². The van der Waals surface area contributed by atoms with Crippen LogP contribution in [0.5, 0.6) is 0 Å². The summed E-state index contributed by atoms with van der Waals surface area (Å²) in [7, 11) is 0. The summed E-state index contributed by atoms with van der Waals surface area (Å²) in [5.41, 5.74) is 0. The van der Waals surface area contributed by atoms with E-state index in [2.05, 4.69) is 14.9 Å². The fourth-order valence-electron chi connectivity index (χ4n) is 2.86. The third kappa shape index (κ3) is 3.43. The number of nitrogens with zero attached hydrogens (tertiary/aromatic N) is 4. The lowest BCUT2D eigenvalue weighted by Crippen LogP contribution is -2.49. The normalized spacial score (nSPS) is 23.7. The first-order valence-electron chi connectivity index (χ1n) is 7.54. The van der Waals surface area contributed by atoms with E-state index in [-0.39, 0.29) is 13.2 Å². The largest absolute Gasteiger partial charge is 0.416 e. The molecule has 0 radical (unpaired) electrons. The quantitative estimate of drug-likeness (QED) is 0.837. The maximum atomic E-state index is 12.8. The van der Waals surface area contributed by atoms with Crippen LogP contribution in [-0.2, 0) is 4.74 Å². The van der Waals surface area contributed by atoms with Crippen molar-refractivity contribution in [3.63, 3.8) is 0 Å². The third-order valence-corrected chi connectivity index (χ3v) is 4.07. The molecular weight excluding hydrogens is 297 g/mol. The van der Waals surface area contributed by atoms with E-state index in [4.69, 9.17) is 4.74 Å².